The molecule has 0 fully saturated rings. The molecule has 0 spiro atoms. The van der Waals surface area contributed by atoms with Crippen LogP contribution in [0, 0.1) is 10.1 Å². The molecular formula is C22H18ClN5O2. The first-order chi connectivity index (χ1) is 14.6. The highest BCUT2D eigenvalue weighted by atomic mass is 35.5. The van der Waals surface area contributed by atoms with Gasteiger partial charge in [-0.1, -0.05) is 54.1 Å². The lowest BCUT2D eigenvalue weighted by Crippen LogP contribution is -2.20. The van der Waals surface area contributed by atoms with E-state index in [2.05, 4.69) is 15.3 Å². The molecule has 0 aliphatic rings. The predicted octanol–water partition coefficient (Wildman–Crippen LogP) is 6.09. The fraction of sp³-hybridized carbons (Fsp3) is 0.0909. The Kier molecular flexibility index (Phi) is 5.45. The molecule has 0 atom stereocenters. The van der Waals surface area contributed by atoms with Gasteiger partial charge >= 0.3 is 5.69 Å². The van der Waals surface area contributed by atoms with Crippen LogP contribution >= 0.6 is 11.6 Å². The van der Waals surface area contributed by atoms with E-state index in [9.17, 15) is 10.1 Å². The summed E-state index contributed by atoms with van der Waals surface area (Å²) in [5.74, 6) is 0.323. The molecule has 0 unspecified atom stereocenters. The number of nitro groups is 1. The van der Waals surface area contributed by atoms with Crippen LogP contribution in [-0.2, 0) is 0 Å². The van der Waals surface area contributed by atoms with E-state index >= 15 is 0 Å². The number of halogens is 1. The minimum Gasteiger partial charge on any atom is -0.334 e. The lowest BCUT2D eigenvalue weighted by atomic mass is 10.1. The van der Waals surface area contributed by atoms with Crippen molar-refractivity contribution in [2.75, 3.05) is 16.8 Å². The molecule has 0 aliphatic carbocycles. The van der Waals surface area contributed by atoms with Crippen molar-refractivity contribution in [3.05, 3.63) is 88.2 Å². The zero-order valence-corrected chi connectivity index (χ0v) is 16.9. The van der Waals surface area contributed by atoms with Crippen molar-refractivity contribution in [3.8, 4) is 0 Å². The topological polar surface area (TPSA) is 84.2 Å². The Hall–Kier alpha value is -3.71. The second-order valence-corrected chi connectivity index (χ2v) is 6.97. The lowest BCUT2D eigenvalue weighted by Gasteiger charge is -2.24. The van der Waals surface area contributed by atoms with Gasteiger partial charge in [-0.15, -0.1) is 0 Å². The minimum absolute atomic E-state index is 0.103. The summed E-state index contributed by atoms with van der Waals surface area (Å²) in [6.07, 6.45) is 1.32. The van der Waals surface area contributed by atoms with Gasteiger partial charge < -0.3 is 10.2 Å². The molecule has 1 heterocycles. The maximum Gasteiger partial charge on any atom is 0.354 e. The van der Waals surface area contributed by atoms with E-state index in [0.717, 1.165) is 16.5 Å². The molecule has 0 radical (unpaired) electrons. The van der Waals surface area contributed by atoms with E-state index in [1.54, 1.807) is 24.3 Å². The molecule has 1 N–H and O–H groups in total. The Morgan fingerprint density at radius 2 is 1.83 bits per heavy atom. The number of benzene rings is 3. The highest BCUT2D eigenvalue weighted by molar-refractivity contribution is 6.30. The summed E-state index contributed by atoms with van der Waals surface area (Å²) in [6, 6.07) is 20.7. The largest absolute Gasteiger partial charge is 0.354 e. The number of nitrogens with one attached hydrogen (secondary N) is 1. The third kappa shape index (κ3) is 3.75. The molecule has 0 saturated carbocycles. The average molecular weight is 420 g/mol. The first-order valence-electron chi connectivity index (χ1n) is 9.35. The summed E-state index contributed by atoms with van der Waals surface area (Å²) in [5, 5.41) is 17.6. The Morgan fingerprint density at radius 3 is 2.60 bits per heavy atom. The number of hydrogen-bond acceptors (Lipinski definition) is 6. The molecule has 0 bridgehead atoms. The Bertz CT molecular complexity index is 1230. The van der Waals surface area contributed by atoms with Crippen LogP contribution in [0.4, 0.5) is 28.7 Å². The molecule has 7 nitrogen and oxygen atoms in total. The van der Waals surface area contributed by atoms with E-state index in [4.69, 9.17) is 11.6 Å². The van der Waals surface area contributed by atoms with Gasteiger partial charge in [0.2, 0.25) is 11.6 Å². The molecule has 30 heavy (non-hydrogen) atoms. The van der Waals surface area contributed by atoms with E-state index in [1.165, 1.54) is 6.33 Å². The monoisotopic (exact) mass is 419 g/mol. The van der Waals surface area contributed by atoms with Crippen molar-refractivity contribution in [2.24, 2.45) is 0 Å². The Morgan fingerprint density at radius 1 is 1.07 bits per heavy atom. The highest BCUT2D eigenvalue weighted by Crippen LogP contribution is 2.39. The van der Waals surface area contributed by atoms with Crippen molar-refractivity contribution >= 4 is 51.1 Å². The number of aromatic nitrogens is 2. The van der Waals surface area contributed by atoms with E-state index < -0.39 is 4.92 Å². The number of anilines is 4. The lowest BCUT2D eigenvalue weighted by molar-refractivity contribution is -0.383. The number of rotatable bonds is 6. The van der Waals surface area contributed by atoms with E-state index in [-0.39, 0.29) is 17.3 Å². The molecule has 4 rings (SSSR count). The van der Waals surface area contributed by atoms with E-state index in [0.29, 0.717) is 17.3 Å². The SMILES string of the molecule is CCN(c1ncnc(Nc2cccc(Cl)c2)c1[N+](=O)[O-])c1cccc2ccccc12. The molecular weight excluding hydrogens is 402 g/mol. The maximum absolute atomic E-state index is 12.0. The number of fused-ring (bicyclic) bond motifs is 1. The second kappa shape index (κ2) is 8.34. The van der Waals surface area contributed by atoms with Gasteiger partial charge in [0.05, 0.1) is 10.6 Å². The van der Waals surface area contributed by atoms with Gasteiger partial charge in [-0.3, -0.25) is 10.1 Å². The second-order valence-electron chi connectivity index (χ2n) is 6.53. The third-order valence-electron chi connectivity index (χ3n) is 4.70. The summed E-state index contributed by atoms with van der Waals surface area (Å²) in [7, 11) is 0. The summed E-state index contributed by atoms with van der Waals surface area (Å²) in [4.78, 5) is 21.8. The molecule has 0 aliphatic heterocycles. The van der Waals surface area contributed by atoms with Gasteiger partial charge in [-0.25, -0.2) is 9.97 Å². The number of hydrogen-bond donors (Lipinski definition) is 1. The third-order valence-corrected chi connectivity index (χ3v) is 4.94. The molecule has 4 aromatic rings. The van der Waals surface area contributed by atoms with Gasteiger partial charge in [0.25, 0.3) is 0 Å². The number of nitrogens with zero attached hydrogens (tertiary/aromatic N) is 4. The van der Waals surface area contributed by atoms with Crippen molar-refractivity contribution in [3.63, 3.8) is 0 Å². The molecule has 0 amide bonds. The van der Waals surface area contributed by atoms with E-state index in [1.807, 2.05) is 54.3 Å². The normalized spacial score (nSPS) is 10.7. The Labute approximate surface area is 178 Å². The van der Waals surface area contributed by atoms with Crippen LogP contribution in [0.3, 0.4) is 0 Å². The summed E-state index contributed by atoms with van der Waals surface area (Å²) in [6.45, 7) is 2.42. The summed E-state index contributed by atoms with van der Waals surface area (Å²) < 4.78 is 0. The molecule has 0 saturated heterocycles. The molecule has 3 aromatic carbocycles. The van der Waals surface area contributed by atoms with Gasteiger partial charge in [-0.05, 0) is 36.6 Å². The minimum atomic E-state index is -0.462. The molecule has 1 aromatic heterocycles. The fourth-order valence-electron chi connectivity index (χ4n) is 3.41. The van der Waals surface area contributed by atoms with Gasteiger partial charge in [0.15, 0.2) is 0 Å². The molecule has 150 valence electrons. The van der Waals surface area contributed by atoms with Crippen LogP contribution < -0.4 is 10.2 Å². The van der Waals surface area contributed by atoms with Gasteiger partial charge in [-0.2, -0.15) is 0 Å². The molecule has 8 heteroatoms. The van der Waals surface area contributed by atoms with Crippen molar-refractivity contribution < 1.29 is 4.92 Å². The first-order valence-corrected chi connectivity index (χ1v) is 9.73. The summed E-state index contributed by atoms with van der Waals surface area (Å²) >= 11 is 6.04. The van der Waals surface area contributed by atoms with Crippen LogP contribution in [0.25, 0.3) is 10.8 Å². The van der Waals surface area contributed by atoms with Crippen LogP contribution in [0.15, 0.2) is 73.1 Å². The smallest absolute Gasteiger partial charge is 0.334 e. The highest BCUT2D eigenvalue weighted by Gasteiger charge is 2.28. The zero-order chi connectivity index (χ0) is 21.1. The van der Waals surface area contributed by atoms with Gasteiger partial charge in [0.1, 0.15) is 6.33 Å². The van der Waals surface area contributed by atoms with Crippen molar-refractivity contribution in [1.82, 2.24) is 9.97 Å². The fourth-order valence-corrected chi connectivity index (χ4v) is 3.60. The maximum atomic E-state index is 12.0. The van der Waals surface area contributed by atoms with Crippen LogP contribution in [-0.4, -0.2) is 21.4 Å². The van der Waals surface area contributed by atoms with Crippen LogP contribution in [0.1, 0.15) is 6.92 Å². The Balaban J connectivity index is 1.85. The van der Waals surface area contributed by atoms with Crippen LogP contribution in [0.2, 0.25) is 5.02 Å². The van der Waals surface area contributed by atoms with Crippen molar-refractivity contribution in [2.45, 2.75) is 6.92 Å². The predicted molar refractivity (Wildman–Crippen MR) is 120 cm³/mol. The average Bonchev–Trinajstić information content (AvgIpc) is 2.74. The van der Waals surface area contributed by atoms with Gasteiger partial charge in [0, 0.05) is 22.6 Å². The van der Waals surface area contributed by atoms with Crippen LogP contribution in [0.5, 0.6) is 0 Å². The summed E-state index contributed by atoms with van der Waals surface area (Å²) in [5.41, 5.74) is 1.24. The quantitative estimate of drug-likeness (QED) is 0.300. The standard InChI is InChI=1S/C22H18ClN5O2/c1-2-27(19-12-5-8-15-7-3-4-11-18(15)19)22-20(28(29)30)21(24-14-25-22)26-17-10-6-9-16(23)13-17/h3-14H,2H2,1H3,(H,24,25,26). The first kappa shape index (κ1) is 19.6. The van der Waals surface area contributed by atoms with Crippen molar-refractivity contribution in [1.29, 1.82) is 0 Å². The zero-order valence-electron chi connectivity index (χ0n) is 16.1.